The molecule has 0 bridgehead atoms. The number of aliphatic hydroxyl groups is 1. The molecule has 0 heterocycles. The van der Waals surface area contributed by atoms with Crippen LogP contribution in [0.25, 0.3) is 0 Å². The van der Waals surface area contributed by atoms with Gasteiger partial charge < -0.3 is 15.2 Å². The molecule has 1 aromatic rings. The average molecular weight is 251 g/mol. The maximum atomic E-state index is 8.94. The molecule has 0 saturated carbocycles. The van der Waals surface area contributed by atoms with Gasteiger partial charge in [0.25, 0.3) is 0 Å². The minimum absolute atomic E-state index is 0.286. The van der Waals surface area contributed by atoms with Crippen molar-refractivity contribution in [3.05, 3.63) is 29.8 Å². The highest BCUT2D eigenvalue weighted by atomic mass is 16.5. The zero-order valence-corrected chi connectivity index (χ0v) is 11.6. The third-order valence-electron chi connectivity index (χ3n) is 3.25. The number of nitrogens with one attached hydrogen (secondary N) is 1. The topological polar surface area (TPSA) is 41.5 Å². The van der Waals surface area contributed by atoms with Crippen LogP contribution in [0.1, 0.15) is 38.3 Å². The Morgan fingerprint density at radius 1 is 1.22 bits per heavy atom. The van der Waals surface area contributed by atoms with Crippen LogP contribution in [0.3, 0.4) is 0 Å². The van der Waals surface area contributed by atoms with Gasteiger partial charge >= 0.3 is 0 Å². The summed E-state index contributed by atoms with van der Waals surface area (Å²) in [6.45, 7) is 5.51. The first kappa shape index (κ1) is 15.0. The van der Waals surface area contributed by atoms with Crippen molar-refractivity contribution in [3.8, 4) is 5.75 Å². The van der Waals surface area contributed by atoms with Gasteiger partial charge in [0.1, 0.15) is 5.75 Å². The van der Waals surface area contributed by atoms with Crippen LogP contribution < -0.4 is 10.1 Å². The lowest BCUT2D eigenvalue weighted by atomic mass is 10.1. The predicted molar refractivity (Wildman–Crippen MR) is 74.9 cm³/mol. The molecule has 0 saturated heterocycles. The highest BCUT2D eigenvalue weighted by Gasteiger charge is 2.05. The molecular formula is C15H25NO2. The Kier molecular flexibility index (Phi) is 6.76. The fourth-order valence-corrected chi connectivity index (χ4v) is 1.87. The summed E-state index contributed by atoms with van der Waals surface area (Å²) in [6.07, 6.45) is 2.17. The van der Waals surface area contributed by atoms with Crippen LogP contribution in [0.2, 0.25) is 0 Å². The fraction of sp³-hybridized carbons (Fsp3) is 0.600. The third kappa shape index (κ3) is 5.07. The van der Waals surface area contributed by atoms with E-state index in [9.17, 15) is 0 Å². The number of methoxy groups -OCH3 is 1. The average Bonchev–Trinajstić information content (AvgIpc) is 2.43. The number of benzene rings is 1. The SMILES string of the molecule is COc1ccc(C(C)NCCCC(C)CO)cc1. The van der Waals surface area contributed by atoms with E-state index in [1.165, 1.54) is 5.56 Å². The van der Waals surface area contributed by atoms with Gasteiger partial charge in [-0.15, -0.1) is 0 Å². The van der Waals surface area contributed by atoms with Crippen LogP contribution in [-0.4, -0.2) is 25.4 Å². The zero-order valence-electron chi connectivity index (χ0n) is 11.6. The van der Waals surface area contributed by atoms with E-state index in [-0.39, 0.29) is 6.61 Å². The predicted octanol–water partition coefficient (Wildman–Crippen LogP) is 2.75. The second-order valence-electron chi connectivity index (χ2n) is 4.88. The van der Waals surface area contributed by atoms with Gasteiger partial charge in [-0.1, -0.05) is 19.1 Å². The summed E-state index contributed by atoms with van der Waals surface area (Å²) in [5.41, 5.74) is 1.27. The second-order valence-corrected chi connectivity index (χ2v) is 4.88. The molecule has 2 atom stereocenters. The van der Waals surface area contributed by atoms with Crippen molar-refractivity contribution < 1.29 is 9.84 Å². The summed E-state index contributed by atoms with van der Waals surface area (Å²) >= 11 is 0. The van der Waals surface area contributed by atoms with Crippen LogP contribution in [0.4, 0.5) is 0 Å². The molecule has 2 unspecified atom stereocenters. The van der Waals surface area contributed by atoms with Gasteiger partial charge in [0.15, 0.2) is 0 Å². The van der Waals surface area contributed by atoms with Crippen LogP contribution in [0.15, 0.2) is 24.3 Å². The molecule has 0 aromatic heterocycles. The standard InChI is InChI=1S/C15H25NO2/c1-12(11-17)5-4-10-16-13(2)14-6-8-15(18-3)9-7-14/h6-9,12-13,16-17H,4-5,10-11H2,1-3H3. The molecule has 0 fully saturated rings. The zero-order chi connectivity index (χ0) is 13.4. The molecule has 3 nitrogen and oxygen atoms in total. The van der Waals surface area contributed by atoms with Gasteiger partial charge in [-0.3, -0.25) is 0 Å². The Balaban J connectivity index is 2.29. The van der Waals surface area contributed by atoms with E-state index in [1.807, 2.05) is 12.1 Å². The first-order valence-corrected chi connectivity index (χ1v) is 6.65. The van der Waals surface area contributed by atoms with Gasteiger partial charge in [-0.2, -0.15) is 0 Å². The second kappa shape index (κ2) is 8.11. The molecule has 0 radical (unpaired) electrons. The molecule has 0 aliphatic rings. The summed E-state index contributed by atoms with van der Waals surface area (Å²) in [7, 11) is 1.68. The van der Waals surface area contributed by atoms with Crippen molar-refractivity contribution in [3.63, 3.8) is 0 Å². The van der Waals surface area contributed by atoms with E-state index in [1.54, 1.807) is 7.11 Å². The van der Waals surface area contributed by atoms with Gasteiger partial charge in [-0.05, 0) is 49.9 Å². The van der Waals surface area contributed by atoms with Gasteiger partial charge in [0.2, 0.25) is 0 Å². The van der Waals surface area contributed by atoms with E-state index < -0.39 is 0 Å². The summed E-state index contributed by atoms with van der Waals surface area (Å²) in [5.74, 6) is 1.30. The van der Waals surface area contributed by atoms with E-state index in [0.717, 1.165) is 25.1 Å². The van der Waals surface area contributed by atoms with Crippen molar-refractivity contribution in [2.75, 3.05) is 20.3 Å². The first-order chi connectivity index (χ1) is 8.67. The summed E-state index contributed by atoms with van der Waals surface area (Å²) < 4.78 is 5.14. The summed E-state index contributed by atoms with van der Waals surface area (Å²) in [5, 5.41) is 12.4. The van der Waals surface area contributed by atoms with Crippen molar-refractivity contribution in [1.82, 2.24) is 5.32 Å². The molecule has 102 valence electrons. The Hall–Kier alpha value is -1.06. The number of hydrogen-bond donors (Lipinski definition) is 2. The highest BCUT2D eigenvalue weighted by Crippen LogP contribution is 2.17. The Morgan fingerprint density at radius 3 is 2.44 bits per heavy atom. The van der Waals surface area contributed by atoms with Gasteiger partial charge in [0, 0.05) is 12.6 Å². The first-order valence-electron chi connectivity index (χ1n) is 6.65. The lowest BCUT2D eigenvalue weighted by Crippen LogP contribution is -2.20. The number of ether oxygens (including phenoxy) is 1. The monoisotopic (exact) mass is 251 g/mol. The summed E-state index contributed by atoms with van der Waals surface area (Å²) in [6, 6.07) is 8.50. The molecule has 3 heteroatoms. The smallest absolute Gasteiger partial charge is 0.118 e. The quantitative estimate of drug-likeness (QED) is 0.698. The van der Waals surface area contributed by atoms with Crippen molar-refractivity contribution in [2.24, 2.45) is 5.92 Å². The summed E-state index contributed by atoms with van der Waals surface area (Å²) in [4.78, 5) is 0. The molecular weight excluding hydrogens is 226 g/mol. The Labute approximate surface area is 110 Å². The van der Waals surface area contributed by atoms with E-state index in [4.69, 9.17) is 9.84 Å². The molecule has 0 aliphatic carbocycles. The van der Waals surface area contributed by atoms with Gasteiger partial charge in [-0.25, -0.2) is 0 Å². The molecule has 1 rings (SSSR count). The normalized spacial score (nSPS) is 14.2. The molecule has 2 N–H and O–H groups in total. The Morgan fingerprint density at radius 2 is 1.89 bits per heavy atom. The molecule has 0 amide bonds. The molecule has 0 spiro atoms. The number of aliphatic hydroxyl groups excluding tert-OH is 1. The number of hydrogen-bond acceptors (Lipinski definition) is 3. The van der Waals surface area contributed by atoms with E-state index in [2.05, 4.69) is 31.3 Å². The van der Waals surface area contributed by atoms with E-state index in [0.29, 0.717) is 12.0 Å². The van der Waals surface area contributed by atoms with Crippen LogP contribution >= 0.6 is 0 Å². The molecule has 18 heavy (non-hydrogen) atoms. The highest BCUT2D eigenvalue weighted by molar-refractivity contribution is 5.28. The van der Waals surface area contributed by atoms with Crippen LogP contribution in [0.5, 0.6) is 5.75 Å². The third-order valence-corrected chi connectivity index (χ3v) is 3.25. The maximum absolute atomic E-state index is 8.94. The largest absolute Gasteiger partial charge is 0.497 e. The maximum Gasteiger partial charge on any atom is 0.118 e. The Bertz CT molecular complexity index is 324. The van der Waals surface area contributed by atoms with Crippen LogP contribution in [-0.2, 0) is 0 Å². The van der Waals surface area contributed by atoms with Crippen molar-refractivity contribution in [1.29, 1.82) is 0 Å². The van der Waals surface area contributed by atoms with Gasteiger partial charge in [0.05, 0.1) is 7.11 Å². The molecule has 1 aromatic carbocycles. The number of rotatable bonds is 8. The lowest BCUT2D eigenvalue weighted by Gasteiger charge is -2.15. The van der Waals surface area contributed by atoms with Crippen LogP contribution in [0, 0.1) is 5.92 Å². The van der Waals surface area contributed by atoms with E-state index >= 15 is 0 Å². The fourth-order valence-electron chi connectivity index (χ4n) is 1.87. The minimum Gasteiger partial charge on any atom is -0.497 e. The van der Waals surface area contributed by atoms with Crippen molar-refractivity contribution in [2.45, 2.75) is 32.7 Å². The van der Waals surface area contributed by atoms with Crippen molar-refractivity contribution >= 4 is 0 Å². The minimum atomic E-state index is 0.286. The molecule has 0 aliphatic heterocycles. The lowest BCUT2D eigenvalue weighted by molar-refractivity contribution is 0.227.